The smallest absolute Gasteiger partial charge is 0.222 e. The molecule has 0 radical (unpaired) electrons. The normalized spacial score (nSPS) is 9.50. The molecule has 10 heavy (non-hydrogen) atoms. The summed E-state index contributed by atoms with van der Waals surface area (Å²) in [5.41, 5.74) is 0. The van der Waals surface area contributed by atoms with Gasteiger partial charge in [-0.15, -0.1) is 0 Å². The van der Waals surface area contributed by atoms with Gasteiger partial charge in [0.1, 0.15) is 0 Å². The van der Waals surface area contributed by atoms with Crippen molar-refractivity contribution in [2.45, 2.75) is 20.3 Å². The first kappa shape index (κ1) is 9.95. The Labute approximate surface area is 70.7 Å². The zero-order valence-electron chi connectivity index (χ0n) is 6.56. The van der Waals surface area contributed by atoms with Crippen LogP contribution in [0.3, 0.4) is 0 Å². The van der Waals surface area contributed by atoms with Crippen LogP contribution in [0.2, 0.25) is 0 Å². The number of carbonyl (C=O) groups excluding carboxylic acids is 1. The van der Waals surface area contributed by atoms with E-state index in [1.165, 1.54) is 0 Å². The van der Waals surface area contributed by atoms with E-state index in [1.807, 2.05) is 18.7 Å². The fourth-order valence-corrected chi connectivity index (χ4v) is 1.21. The lowest BCUT2D eigenvalue weighted by Crippen LogP contribution is -2.31. The first-order chi connectivity index (χ1) is 4.76. The Hall–Kier alpha value is -0.0500. The maximum absolute atomic E-state index is 11.0. The van der Waals surface area contributed by atoms with Crippen LogP contribution in [-0.2, 0) is 4.79 Å². The lowest BCUT2D eigenvalue weighted by Gasteiger charge is -2.18. The topological polar surface area (TPSA) is 20.3 Å². The fraction of sp³-hybridized carbons (Fsp3) is 0.857. The van der Waals surface area contributed by atoms with E-state index in [2.05, 4.69) is 15.9 Å². The van der Waals surface area contributed by atoms with E-state index in [0.717, 1.165) is 18.4 Å². The van der Waals surface area contributed by atoms with Crippen molar-refractivity contribution in [1.29, 1.82) is 0 Å². The zero-order chi connectivity index (χ0) is 7.98. The molecule has 0 aromatic rings. The molecule has 0 atom stereocenters. The van der Waals surface area contributed by atoms with Crippen LogP contribution >= 0.6 is 15.9 Å². The molecule has 0 saturated heterocycles. The quantitative estimate of drug-likeness (QED) is 0.643. The number of hydrogen-bond acceptors (Lipinski definition) is 1. The monoisotopic (exact) mass is 207 g/mol. The van der Waals surface area contributed by atoms with Crippen LogP contribution in [0, 0.1) is 0 Å². The summed E-state index contributed by atoms with van der Waals surface area (Å²) in [6.45, 7) is 5.52. The Kier molecular flexibility index (Phi) is 5.69. The molecule has 0 N–H and O–H groups in total. The molecule has 2 nitrogen and oxygen atoms in total. The van der Waals surface area contributed by atoms with Gasteiger partial charge in [0.15, 0.2) is 0 Å². The standard InChI is InChI=1S/C7H14BrNO/c1-3-7(10)9(4-2)6-5-8/h3-6H2,1-2H3. The third-order valence-corrected chi connectivity index (χ3v) is 1.75. The van der Waals surface area contributed by atoms with Gasteiger partial charge in [0, 0.05) is 24.8 Å². The van der Waals surface area contributed by atoms with Gasteiger partial charge in [0.25, 0.3) is 0 Å². The largest absolute Gasteiger partial charge is 0.342 e. The van der Waals surface area contributed by atoms with Crippen molar-refractivity contribution in [3.05, 3.63) is 0 Å². The minimum absolute atomic E-state index is 0.238. The Balaban J connectivity index is 3.68. The number of nitrogens with zero attached hydrogens (tertiary/aromatic N) is 1. The minimum atomic E-state index is 0.238. The van der Waals surface area contributed by atoms with Crippen LogP contribution in [0.1, 0.15) is 20.3 Å². The maximum atomic E-state index is 11.0. The number of halogens is 1. The van der Waals surface area contributed by atoms with E-state index in [0.29, 0.717) is 6.42 Å². The molecule has 0 aliphatic heterocycles. The van der Waals surface area contributed by atoms with Crippen molar-refractivity contribution < 1.29 is 4.79 Å². The predicted octanol–water partition coefficient (Wildman–Crippen LogP) is 1.64. The highest BCUT2D eigenvalue weighted by Crippen LogP contribution is 1.94. The van der Waals surface area contributed by atoms with Gasteiger partial charge >= 0.3 is 0 Å². The number of amides is 1. The predicted molar refractivity (Wildman–Crippen MR) is 46.3 cm³/mol. The number of alkyl halides is 1. The van der Waals surface area contributed by atoms with Gasteiger partial charge in [-0.3, -0.25) is 4.79 Å². The van der Waals surface area contributed by atoms with E-state index >= 15 is 0 Å². The fourth-order valence-electron chi connectivity index (χ4n) is 0.785. The molecular weight excluding hydrogens is 194 g/mol. The second kappa shape index (κ2) is 5.71. The summed E-state index contributed by atoms with van der Waals surface area (Å²) in [5, 5.41) is 0.868. The highest BCUT2D eigenvalue weighted by atomic mass is 79.9. The molecule has 0 heterocycles. The Bertz CT molecular complexity index is 106. The Morgan fingerprint density at radius 1 is 1.50 bits per heavy atom. The van der Waals surface area contributed by atoms with Crippen molar-refractivity contribution in [3.63, 3.8) is 0 Å². The molecule has 0 aromatic carbocycles. The molecule has 0 spiro atoms. The van der Waals surface area contributed by atoms with Crippen LogP contribution in [0.5, 0.6) is 0 Å². The molecule has 0 aliphatic rings. The molecule has 1 amide bonds. The average molecular weight is 208 g/mol. The average Bonchev–Trinajstić information content (AvgIpc) is 1.99. The van der Waals surface area contributed by atoms with Gasteiger partial charge in [0.2, 0.25) is 5.91 Å². The Morgan fingerprint density at radius 3 is 2.40 bits per heavy atom. The van der Waals surface area contributed by atoms with Crippen LogP contribution in [0.25, 0.3) is 0 Å². The number of carbonyl (C=O) groups is 1. The molecular formula is C7H14BrNO. The summed E-state index contributed by atoms with van der Waals surface area (Å²) in [5.74, 6) is 0.238. The second-order valence-electron chi connectivity index (χ2n) is 2.02. The summed E-state index contributed by atoms with van der Waals surface area (Å²) in [6, 6.07) is 0. The lowest BCUT2D eigenvalue weighted by molar-refractivity contribution is -0.130. The number of rotatable bonds is 4. The van der Waals surface area contributed by atoms with Gasteiger partial charge in [-0.05, 0) is 6.92 Å². The van der Waals surface area contributed by atoms with Crippen LogP contribution < -0.4 is 0 Å². The first-order valence-electron chi connectivity index (χ1n) is 3.60. The van der Waals surface area contributed by atoms with E-state index in [4.69, 9.17) is 0 Å². The van der Waals surface area contributed by atoms with Gasteiger partial charge in [-0.2, -0.15) is 0 Å². The zero-order valence-corrected chi connectivity index (χ0v) is 8.15. The summed E-state index contributed by atoms with van der Waals surface area (Å²) in [4.78, 5) is 12.9. The summed E-state index contributed by atoms with van der Waals surface area (Å²) < 4.78 is 0. The van der Waals surface area contributed by atoms with Crippen LogP contribution in [0.4, 0.5) is 0 Å². The van der Waals surface area contributed by atoms with Crippen molar-refractivity contribution in [1.82, 2.24) is 4.90 Å². The minimum Gasteiger partial charge on any atom is -0.342 e. The SMILES string of the molecule is CCC(=O)N(CC)CCBr. The lowest BCUT2D eigenvalue weighted by atomic mass is 10.4. The molecule has 0 aliphatic carbocycles. The van der Waals surface area contributed by atoms with Crippen LogP contribution in [0.15, 0.2) is 0 Å². The first-order valence-corrected chi connectivity index (χ1v) is 4.72. The highest BCUT2D eigenvalue weighted by Gasteiger charge is 2.06. The molecule has 0 aromatic heterocycles. The molecule has 0 bridgehead atoms. The van der Waals surface area contributed by atoms with Crippen LogP contribution in [-0.4, -0.2) is 29.2 Å². The summed E-state index contributed by atoms with van der Waals surface area (Å²) >= 11 is 3.29. The second-order valence-corrected chi connectivity index (χ2v) is 2.81. The van der Waals surface area contributed by atoms with E-state index in [9.17, 15) is 4.79 Å². The molecule has 60 valence electrons. The molecule has 0 rings (SSSR count). The van der Waals surface area contributed by atoms with Crippen molar-refractivity contribution >= 4 is 21.8 Å². The molecule has 0 fully saturated rings. The third-order valence-electron chi connectivity index (χ3n) is 1.39. The van der Waals surface area contributed by atoms with Gasteiger partial charge in [0.05, 0.1) is 0 Å². The Morgan fingerprint density at radius 2 is 2.10 bits per heavy atom. The van der Waals surface area contributed by atoms with Crippen molar-refractivity contribution in [2.75, 3.05) is 18.4 Å². The van der Waals surface area contributed by atoms with E-state index in [-0.39, 0.29) is 5.91 Å². The summed E-state index contributed by atoms with van der Waals surface area (Å²) in [6.07, 6.45) is 0.612. The van der Waals surface area contributed by atoms with E-state index < -0.39 is 0 Å². The van der Waals surface area contributed by atoms with Gasteiger partial charge in [-0.1, -0.05) is 22.9 Å². The molecule has 0 unspecified atom stereocenters. The van der Waals surface area contributed by atoms with Gasteiger partial charge in [-0.25, -0.2) is 0 Å². The summed E-state index contributed by atoms with van der Waals surface area (Å²) in [7, 11) is 0. The van der Waals surface area contributed by atoms with Crippen molar-refractivity contribution in [3.8, 4) is 0 Å². The maximum Gasteiger partial charge on any atom is 0.222 e. The third kappa shape index (κ3) is 3.20. The highest BCUT2D eigenvalue weighted by molar-refractivity contribution is 9.09. The molecule has 3 heteroatoms. The van der Waals surface area contributed by atoms with Crippen molar-refractivity contribution in [2.24, 2.45) is 0 Å². The number of hydrogen-bond donors (Lipinski definition) is 0. The van der Waals surface area contributed by atoms with E-state index in [1.54, 1.807) is 0 Å². The van der Waals surface area contributed by atoms with Gasteiger partial charge < -0.3 is 4.90 Å². The molecule has 0 saturated carbocycles.